The highest BCUT2D eigenvalue weighted by Crippen LogP contribution is 2.11. The van der Waals surface area contributed by atoms with Gasteiger partial charge in [-0.25, -0.2) is 4.79 Å². The summed E-state index contributed by atoms with van der Waals surface area (Å²) in [6.07, 6.45) is -1.14. The molecule has 16 heavy (non-hydrogen) atoms. The lowest BCUT2D eigenvalue weighted by atomic mass is 10.0. The molecular weight excluding hydrogens is 214 g/mol. The van der Waals surface area contributed by atoms with Crippen LogP contribution in [0.5, 0.6) is 0 Å². The molecule has 0 aliphatic heterocycles. The number of rotatable bonds is 7. The molecule has 0 saturated heterocycles. The van der Waals surface area contributed by atoms with Crippen molar-refractivity contribution in [2.45, 2.75) is 32.4 Å². The summed E-state index contributed by atoms with van der Waals surface area (Å²) in [5.41, 5.74) is 0. The van der Waals surface area contributed by atoms with Crippen molar-refractivity contribution in [1.29, 1.82) is 0 Å². The number of aliphatic hydroxyl groups excluding tert-OH is 1. The van der Waals surface area contributed by atoms with Crippen molar-refractivity contribution in [3.05, 3.63) is 0 Å². The number of nitrogens with zero attached hydrogens (tertiary/aromatic N) is 1. The van der Waals surface area contributed by atoms with Gasteiger partial charge in [0.25, 0.3) is 0 Å². The molecule has 3 N–H and O–H groups in total. The van der Waals surface area contributed by atoms with Crippen molar-refractivity contribution in [2.75, 3.05) is 13.6 Å². The second-order valence-corrected chi connectivity index (χ2v) is 4.28. The van der Waals surface area contributed by atoms with Gasteiger partial charge in [-0.2, -0.15) is 0 Å². The third-order valence-electron chi connectivity index (χ3n) is 2.26. The molecule has 0 aromatic rings. The van der Waals surface area contributed by atoms with Crippen LogP contribution in [-0.2, 0) is 9.59 Å². The molecule has 0 fully saturated rings. The van der Waals surface area contributed by atoms with Crippen LogP contribution in [0.15, 0.2) is 0 Å². The Morgan fingerprint density at radius 1 is 1.19 bits per heavy atom. The smallest absolute Gasteiger partial charge is 0.333 e. The predicted molar refractivity (Wildman–Crippen MR) is 57.2 cm³/mol. The third-order valence-corrected chi connectivity index (χ3v) is 2.26. The standard InChI is InChI=1S/C10H19NO5/c1-6(2)4-7(9(13)14)11(3)5-8(12)10(15)16/h6-8,12H,4-5H2,1-3H3,(H,13,14)(H,15,16)/t7-,8?/m1/s1. The second kappa shape index (κ2) is 6.44. The van der Waals surface area contributed by atoms with E-state index < -0.39 is 24.1 Å². The SMILES string of the molecule is CC(C)C[C@H](C(=O)O)N(C)CC(O)C(=O)O. The lowest BCUT2D eigenvalue weighted by Gasteiger charge is -2.26. The molecule has 0 rings (SSSR count). The first-order valence-electron chi connectivity index (χ1n) is 5.09. The molecule has 94 valence electrons. The Morgan fingerprint density at radius 3 is 2.00 bits per heavy atom. The van der Waals surface area contributed by atoms with Gasteiger partial charge in [0.05, 0.1) is 0 Å². The molecule has 6 heteroatoms. The first kappa shape index (κ1) is 14.9. The highest BCUT2D eigenvalue weighted by atomic mass is 16.4. The van der Waals surface area contributed by atoms with Crippen molar-refractivity contribution in [2.24, 2.45) is 5.92 Å². The summed E-state index contributed by atoms with van der Waals surface area (Å²) in [6.45, 7) is 3.58. The number of aliphatic carboxylic acids is 2. The van der Waals surface area contributed by atoms with Crippen molar-refractivity contribution in [3.63, 3.8) is 0 Å². The summed E-state index contributed by atoms with van der Waals surface area (Å²) < 4.78 is 0. The van der Waals surface area contributed by atoms with E-state index in [1.165, 1.54) is 11.9 Å². The number of hydrogen-bond donors (Lipinski definition) is 3. The van der Waals surface area contributed by atoms with Crippen LogP contribution in [0.2, 0.25) is 0 Å². The molecule has 0 amide bonds. The zero-order chi connectivity index (χ0) is 12.9. The zero-order valence-corrected chi connectivity index (χ0v) is 9.75. The number of carbonyl (C=O) groups is 2. The van der Waals surface area contributed by atoms with Gasteiger partial charge in [0.1, 0.15) is 6.04 Å². The predicted octanol–water partition coefficient (Wildman–Crippen LogP) is -0.137. The van der Waals surface area contributed by atoms with E-state index in [2.05, 4.69) is 0 Å². The van der Waals surface area contributed by atoms with Gasteiger partial charge in [0.15, 0.2) is 6.10 Å². The lowest BCUT2D eigenvalue weighted by Crippen LogP contribution is -2.45. The Hall–Kier alpha value is -1.14. The van der Waals surface area contributed by atoms with E-state index in [0.717, 1.165) is 0 Å². The number of hydrogen-bond acceptors (Lipinski definition) is 4. The van der Waals surface area contributed by atoms with Gasteiger partial charge in [-0.1, -0.05) is 13.8 Å². The zero-order valence-electron chi connectivity index (χ0n) is 9.75. The Morgan fingerprint density at radius 2 is 1.69 bits per heavy atom. The van der Waals surface area contributed by atoms with Crippen molar-refractivity contribution >= 4 is 11.9 Å². The average Bonchev–Trinajstić information content (AvgIpc) is 2.12. The van der Waals surface area contributed by atoms with Gasteiger partial charge in [-0.15, -0.1) is 0 Å². The van der Waals surface area contributed by atoms with Crippen molar-refractivity contribution < 1.29 is 24.9 Å². The summed E-state index contributed by atoms with van der Waals surface area (Å²) in [4.78, 5) is 22.7. The van der Waals surface area contributed by atoms with E-state index >= 15 is 0 Å². The van der Waals surface area contributed by atoms with Crippen LogP contribution in [0.25, 0.3) is 0 Å². The number of carboxylic acid groups (broad SMARTS) is 2. The molecule has 0 bridgehead atoms. The highest BCUT2D eigenvalue weighted by Gasteiger charge is 2.26. The molecule has 0 spiro atoms. The first-order chi connectivity index (χ1) is 7.25. The Labute approximate surface area is 94.5 Å². The van der Waals surface area contributed by atoms with E-state index in [-0.39, 0.29) is 12.5 Å². The summed E-state index contributed by atoms with van der Waals surface area (Å²) in [6, 6.07) is -0.769. The molecule has 0 aromatic heterocycles. The lowest BCUT2D eigenvalue weighted by molar-refractivity contribution is -0.151. The second-order valence-electron chi connectivity index (χ2n) is 4.28. The molecule has 1 unspecified atom stereocenters. The summed E-state index contributed by atoms with van der Waals surface area (Å²) in [5.74, 6) is -2.17. The van der Waals surface area contributed by atoms with Gasteiger partial charge >= 0.3 is 11.9 Å². The van der Waals surface area contributed by atoms with Crippen LogP contribution in [-0.4, -0.2) is 57.9 Å². The van der Waals surface area contributed by atoms with Crippen LogP contribution in [0.1, 0.15) is 20.3 Å². The molecule has 0 aromatic carbocycles. The number of likely N-dealkylation sites (N-methyl/N-ethyl adjacent to an activating group) is 1. The number of aliphatic hydroxyl groups is 1. The average molecular weight is 233 g/mol. The van der Waals surface area contributed by atoms with Gasteiger partial charge < -0.3 is 15.3 Å². The van der Waals surface area contributed by atoms with E-state index in [4.69, 9.17) is 15.3 Å². The van der Waals surface area contributed by atoms with E-state index in [0.29, 0.717) is 6.42 Å². The summed E-state index contributed by atoms with van der Waals surface area (Å²) >= 11 is 0. The minimum absolute atomic E-state index is 0.186. The first-order valence-corrected chi connectivity index (χ1v) is 5.09. The molecule has 2 atom stereocenters. The quantitative estimate of drug-likeness (QED) is 0.566. The van der Waals surface area contributed by atoms with Gasteiger partial charge in [0.2, 0.25) is 0 Å². The molecule has 0 saturated carbocycles. The van der Waals surface area contributed by atoms with Crippen LogP contribution in [0.4, 0.5) is 0 Å². The maximum absolute atomic E-state index is 11.0. The fourth-order valence-electron chi connectivity index (χ4n) is 1.39. The largest absolute Gasteiger partial charge is 0.480 e. The Kier molecular flexibility index (Phi) is 5.98. The highest BCUT2D eigenvalue weighted by molar-refractivity contribution is 5.74. The fourth-order valence-corrected chi connectivity index (χ4v) is 1.39. The topological polar surface area (TPSA) is 98.1 Å². The Balaban J connectivity index is 4.44. The van der Waals surface area contributed by atoms with Crippen LogP contribution < -0.4 is 0 Å². The van der Waals surface area contributed by atoms with Crippen LogP contribution in [0.3, 0.4) is 0 Å². The minimum atomic E-state index is -1.56. The molecule has 6 nitrogen and oxygen atoms in total. The molecule has 0 heterocycles. The maximum Gasteiger partial charge on any atom is 0.333 e. The molecule has 0 aliphatic carbocycles. The van der Waals surface area contributed by atoms with Gasteiger partial charge in [0, 0.05) is 6.54 Å². The van der Waals surface area contributed by atoms with E-state index in [1.807, 2.05) is 13.8 Å². The monoisotopic (exact) mass is 233 g/mol. The number of carboxylic acids is 2. The van der Waals surface area contributed by atoms with E-state index in [9.17, 15) is 9.59 Å². The van der Waals surface area contributed by atoms with Crippen LogP contribution in [0, 0.1) is 5.92 Å². The van der Waals surface area contributed by atoms with Gasteiger partial charge in [-0.05, 0) is 19.4 Å². The van der Waals surface area contributed by atoms with E-state index in [1.54, 1.807) is 0 Å². The minimum Gasteiger partial charge on any atom is -0.480 e. The Bertz CT molecular complexity index is 254. The summed E-state index contributed by atoms with van der Waals surface area (Å²) in [5, 5.41) is 26.6. The van der Waals surface area contributed by atoms with Crippen LogP contribution >= 0.6 is 0 Å². The third kappa shape index (κ3) is 5.09. The van der Waals surface area contributed by atoms with Crippen molar-refractivity contribution in [3.8, 4) is 0 Å². The molecular formula is C10H19NO5. The normalized spacial score (nSPS) is 15.1. The molecule has 0 radical (unpaired) electrons. The van der Waals surface area contributed by atoms with Gasteiger partial charge in [-0.3, -0.25) is 9.69 Å². The van der Waals surface area contributed by atoms with Crippen molar-refractivity contribution in [1.82, 2.24) is 4.90 Å². The fraction of sp³-hybridized carbons (Fsp3) is 0.800. The summed E-state index contributed by atoms with van der Waals surface area (Å²) in [7, 11) is 1.49. The maximum atomic E-state index is 11.0. The molecule has 0 aliphatic rings.